The van der Waals surface area contributed by atoms with Crippen LogP contribution in [0, 0.1) is 0 Å². The van der Waals surface area contributed by atoms with Crippen LogP contribution in [0.1, 0.15) is 26.3 Å². The van der Waals surface area contributed by atoms with Crippen LogP contribution in [0.5, 0.6) is 5.75 Å². The smallest absolute Gasteiger partial charge is 0.265 e. The monoisotopic (exact) mass is 234 g/mol. The highest BCUT2D eigenvalue weighted by molar-refractivity contribution is 5.97. The molecular formula is C13H18N2O2. The van der Waals surface area contributed by atoms with E-state index in [2.05, 4.69) is 24.5 Å². The van der Waals surface area contributed by atoms with E-state index in [1.165, 1.54) is 0 Å². The van der Waals surface area contributed by atoms with Gasteiger partial charge in [0.05, 0.1) is 5.69 Å². The zero-order valence-corrected chi connectivity index (χ0v) is 10.6. The molecule has 1 heterocycles. The molecule has 2 N–H and O–H groups in total. The van der Waals surface area contributed by atoms with E-state index in [1.54, 1.807) is 6.92 Å². The van der Waals surface area contributed by atoms with Crippen molar-refractivity contribution in [3.05, 3.63) is 23.8 Å². The minimum atomic E-state index is -0.425. The van der Waals surface area contributed by atoms with Crippen LogP contribution in [0.3, 0.4) is 0 Å². The van der Waals surface area contributed by atoms with Crippen molar-refractivity contribution in [2.24, 2.45) is 0 Å². The highest BCUT2D eigenvalue weighted by atomic mass is 16.5. The molecule has 1 aromatic carbocycles. The fraction of sp³-hybridized carbons (Fsp3) is 0.462. The Bertz CT molecular complexity index is 455. The Morgan fingerprint density at radius 3 is 2.76 bits per heavy atom. The quantitative estimate of drug-likeness (QED) is 0.821. The SMILES string of the molecule is CNC(C)(C)c1ccc2c(c1)NC(=O)C(C)O2. The molecule has 0 radical (unpaired) electrons. The van der Waals surface area contributed by atoms with E-state index >= 15 is 0 Å². The minimum Gasteiger partial charge on any atom is -0.479 e. The maximum Gasteiger partial charge on any atom is 0.265 e. The van der Waals surface area contributed by atoms with Gasteiger partial charge in [0.25, 0.3) is 5.91 Å². The molecule has 1 amide bonds. The average Bonchev–Trinajstić information content (AvgIpc) is 2.30. The second-order valence-electron chi connectivity index (χ2n) is 4.84. The van der Waals surface area contributed by atoms with Crippen molar-refractivity contribution in [3.63, 3.8) is 0 Å². The third-order valence-corrected chi connectivity index (χ3v) is 3.26. The van der Waals surface area contributed by atoms with Crippen LogP contribution < -0.4 is 15.4 Å². The number of fused-ring (bicyclic) bond motifs is 1. The summed E-state index contributed by atoms with van der Waals surface area (Å²) in [7, 11) is 1.91. The minimum absolute atomic E-state index is 0.100. The Labute approximate surface area is 101 Å². The fourth-order valence-electron chi connectivity index (χ4n) is 1.74. The Morgan fingerprint density at radius 1 is 1.41 bits per heavy atom. The van der Waals surface area contributed by atoms with Gasteiger partial charge in [0.15, 0.2) is 6.10 Å². The summed E-state index contributed by atoms with van der Waals surface area (Å²) < 4.78 is 5.51. The van der Waals surface area contributed by atoms with Gasteiger partial charge in [-0.3, -0.25) is 4.79 Å². The first-order valence-corrected chi connectivity index (χ1v) is 5.75. The molecule has 0 fully saturated rings. The average molecular weight is 234 g/mol. The van der Waals surface area contributed by atoms with E-state index in [4.69, 9.17) is 4.74 Å². The van der Waals surface area contributed by atoms with Gasteiger partial charge in [0.2, 0.25) is 0 Å². The number of nitrogens with one attached hydrogen (secondary N) is 2. The lowest BCUT2D eigenvalue weighted by Crippen LogP contribution is -2.36. The summed E-state index contributed by atoms with van der Waals surface area (Å²) in [5, 5.41) is 6.09. The Hall–Kier alpha value is -1.55. The van der Waals surface area contributed by atoms with Crippen molar-refractivity contribution in [3.8, 4) is 5.75 Å². The molecule has 1 atom stereocenters. The summed E-state index contributed by atoms with van der Waals surface area (Å²) >= 11 is 0. The maximum atomic E-state index is 11.5. The number of carbonyl (C=O) groups is 1. The van der Waals surface area contributed by atoms with Gasteiger partial charge >= 0.3 is 0 Å². The highest BCUT2D eigenvalue weighted by Crippen LogP contribution is 2.33. The predicted molar refractivity (Wildman–Crippen MR) is 67.2 cm³/mol. The first kappa shape index (κ1) is 11.9. The number of anilines is 1. The molecule has 1 aromatic rings. The lowest BCUT2D eigenvalue weighted by molar-refractivity contribution is -0.122. The van der Waals surface area contributed by atoms with Gasteiger partial charge in [-0.2, -0.15) is 0 Å². The molecule has 0 saturated heterocycles. The van der Waals surface area contributed by atoms with Crippen molar-refractivity contribution in [1.29, 1.82) is 0 Å². The van der Waals surface area contributed by atoms with Crippen LogP contribution in [0.25, 0.3) is 0 Å². The normalized spacial score (nSPS) is 19.3. The Morgan fingerprint density at radius 2 is 2.12 bits per heavy atom. The molecule has 0 aromatic heterocycles. The third-order valence-electron chi connectivity index (χ3n) is 3.26. The first-order valence-electron chi connectivity index (χ1n) is 5.75. The summed E-state index contributed by atoms with van der Waals surface area (Å²) in [6.07, 6.45) is -0.425. The molecule has 92 valence electrons. The summed E-state index contributed by atoms with van der Waals surface area (Å²) in [5.74, 6) is 0.629. The topological polar surface area (TPSA) is 50.4 Å². The van der Waals surface area contributed by atoms with Gasteiger partial charge in [-0.05, 0) is 45.5 Å². The standard InChI is InChI=1S/C13H18N2O2/c1-8-12(16)15-10-7-9(13(2,3)14-4)5-6-11(10)17-8/h5-8,14H,1-4H3,(H,15,16). The molecule has 2 rings (SSSR count). The van der Waals surface area contributed by atoms with E-state index < -0.39 is 6.10 Å². The maximum absolute atomic E-state index is 11.5. The van der Waals surface area contributed by atoms with Crippen LogP contribution in [0.2, 0.25) is 0 Å². The van der Waals surface area contributed by atoms with Crippen molar-refractivity contribution >= 4 is 11.6 Å². The number of rotatable bonds is 2. The zero-order chi connectivity index (χ0) is 12.6. The molecule has 1 aliphatic heterocycles. The molecule has 1 unspecified atom stereocenters. The van der Waals surface area contributed by atoms with Gasteiger partial charge in [-0.15, -0.1) is 0 Å². The summed E-state index contributed by atoms with van der Waals surface area (Å²) in [6, 6.07) is 5.87. The van der Waals surface area contributed by atoms with Crippen molar-refractivity contribution in [1.82, 2.24) is 5.32 Å². The van der Waals surface area contributed by atoms with Gasteiger partial charge in [-0.1, -0.05) is 6.07 Å². The molecule has 1 aliphatic rings. The number of carbonyl (C=O) groups excluding carboxylic acids is 1. The van der Waals surface area contributed by atoms with Crippen molar-refractivity contribution < 1.29 is 9.53 Å². The number of hydrogen-bond donors (Lipinski definition) is 2. The summed E-state index contributed by atoms with van der Waals surface area (Å²) in [5.41, 5.74) is 1.72. The molecule has 0 saturated carbocycles. The first-order chi connectivity index (χ1) is 7.94. The Kier molecular flexibility index (Phi) is 2.83. The molecule has 0 spiro atoms. The van der Waals surface area contributed by atoms with Crippen LogP contribution in [0.4, 0.5) is 5.69 Å². The summed E-state index contributed by atoms with van der Waals surface area (Å²) in [4.78, 5) is 11.5. The van der Waals surface area contributed by atoms with Gasteiger partial charge in [0.1, 0.15) is 5.75 Å². The largest absolute Gasteiger partial charge is 0.479 e. The van der Waals surface area contributed by atoms with E-state index in [1.807, 2.05) is 25.2 Å². The third kappa shape index (κ3) is 2.13. The van der Waals surface area contributed by atoms with Gasteiger partial charge in [0, 0.05) is 5.54 Å². The lowest BCUT2D eigenvalue weighted by atomic mass is 9.93. The number of amides is 1. The number of hydrogen-bond acceptors (Lipinski definition) is 3. The highest BCUT2D eigenvalue weighted by Gasteiger charge is 2.26. The fourth-order valence-corrected chi connectivity index (χ4v) is 1.74. The van der Waals surface area contributed by atoms with Crippen LogP contribution in [-0.2, 0) is 10.3 Å². The van der Waals surface area contributed by atoms with E-state index in [0.29, 0.717) is 0 Å². The zero-order valence-electron chi connectivity index (χ0n) is 10.6. The van der Waals surface area contributed by atoms with Gasteiger partial charge < -0.3 is 15.4 Å². The van der Waals surface area contributed by atoms with E-state index in [-0.39, 0.29) is 11.4 Å². The van der Waals surface area contributed by atoms with Crippen LogP contribution >= 0.6 is 0 Å². The second kappa shape index (κ2) is 4.04. The molecule has 4 nitrogen and oxygen atoms in total. The lowest BCUT2D eigenvalue weighted by Gasteiger charge is -2.28. The Balaban J connectivity index is 2.38. The van der Waals surface area contributed by atoms with Crippen molar-refractivity contribution in [2.45, 2.75) is 32.4 Å². The molecule has 17 heavy (non-hydrogen) atoms. The van der Waals surface area contributed by atoms with Crippen molar-refractivity contribution in [2.75, 3.05) is 12.4 Å². The van der Waals surface area contributed by atoms with Crippen LogP contribution in [0.15, 0.2) is 18.2 Å². The molecule has 0 aliphatic carbocycles. The van der Waals surface area contributed by atoms with Crippen LogP contribution in [-0.4, -0.2) is 19.1 Å². The molecular weight excluding hydrogens is 216 g/mol. The molecule has 0 bridgehead atoms. The number of ether oxygens (including phenoxy) is 1. The van der Waals surface area contributed by atoms with Gasteiger partial charge in [-0.25, -0.2) is 0 Å². The second-order valence-corrected chi connectivity index (χ2v) is 4.84. The van der Waals surface area contributed by atoms with E-state index in [0.717, 1.165) is 17.0 Å². The molecule has 4 heteroatoms. The predicted octanol–water partition coefficient (Wildman–Crippen LogP) is 1.86. The van der Waals surface area contributed by atoms with E-state index in [9.17, 15) is 4.79 Å². The summed E-state index contributed by atoms with van der Waals surface area (Å²) in [6.45, 7) is 5.91. The number of benzene rings is 1.